The predicted octanol–water partition coefficient (Wildman–Crippen LogP) is 32.8. The van der Waals surface area contributed by atoms with Crippen LogP contribution in [0.4, 0.5) is 0 Å². The van der Waals surface area contributed by atoms with Crippen molar-refractivity contribution in [3.8, 4) is 135 Å². The molecule has 0 bridgehead atoms. The van der Waals surface area contributed by atoms with E-state index in [9.17, 15) is 0 Å². The zero-order valence-electron chi connectivity index (χ0n) is 70.2. The van der Waals surface area contributed by atoms with E-state index < -0.39 is 0 Å². The molecule has 26 aromatic rings. The van der Waals surface area contributed by atoms with Gasteiger partial charge in [0, 0.05) is 76.8 Å². The maximum atomic E-state index is 7.01. The molecule has 0 atom stereocenters. The van der Waals surface area contributed by atoms with Gasteiger partial charge in [0.25, 0.3) is 0 Å². The fraction of sp³-hybridized carbons (Fsp3) is 0. The molecule has 0 spiro atoms. The Labute approximate surface area is 747 Å². The molecule has 22 aromatic carbocycles. The highest BCUT2D eigenvalue weighted by Gasteiger charge is 2.24. The topological polar surface area (TPSA) is 104 Å². The van der Waals surface area contributed by atoms with Crippen LogP contribution < -0.4 is 0 Å². The summed E-state index contributed by atoms with van der Waals surface area (Å²) in [4.78, 5) is 29.6. The zero-order chi connectivity index (χ0) is 85.7. The molecule has 0 aliphatic rings. The molecule has 130 heavy (non-hydrogen) atoms. The molecule has 0 aliphatic heterocycles. The van der Waals surface area contributed by atoms with Crippen molar-refractivity contribution in [2.75, 3.05) is 0 Å². The maximum Gasteiger partial charge on any atom is 0.164 e. The van der Waals surface area contributed by atoms with Gasteiger partial charge >= 0.3 is 0 Å². The van der Waals surface area contributed by atoms with E-state index in [4.69, 9.17) is 38.7 Å². The van der Waals surface area contributed by atoms with E-state index in [-0.39, 0.29) is 0 Å². The molecular weight excluding hydrogens is 1580 g/mol. The molecule has 0 fully saturated rings. The minimum Gasteiger partial charge on any atom is -0.455 e. The minimum absolute atomic E-state index is 0.625. The van der Waals surface area contributed by atoms with Gasteiger partial charge in [-0.25, -0.2) is 29.9 Å². The Morgan fingerprint density at radius 3 is 0.700 bits per heavy atom. The lowest BCUT2D eigenvalue weighted by atomic mass is 9.90. The van der Waals surface area contributed by atoms with Crippen LogP contribution in [-0.2, 0) is 0 Å². The van der Waals surface area contributed by atoms with Crippen molar-refractivity contribution in [1.82, 2.24) is 29.9 Å². The first-order valence-corrected chi connectivity index (χ1v) is 44.0. The molecular formula is C122H74N6O2. The molecule has 8 heteroatoms. The second-order valence-electron chi connectivity index (χ2n) is 33.4. The number of benzene rings is 22. The highest BCUT2D eigenvalue weighted by molar-refractivity contribution is 6.29. The summed E-state index contributed by atoms with van der Waals surface area (Å²) in [5, 5.41) is 24.2. The molecule has 0 N–H and O–H groups in total. The standard InChI is InChI=1S/2C61H37N3O/c1-3-16-38(17-4-1)59-62-60(39-18-5-2-6-19-39)64-61(63-59)44-23-14-21-41(35-44)40-20-13-22-42(34-40)45-30-15-31-53-56-37-54(50-28-11-12-29-52(50)58(56)65-57(45)53)43-32-33-51-48-26-8-7-24-46(48)47-25-9-10-27-49(47)55(51)36-43;1-3-14-41(15-4-1)59-62-60(42-16-5-2-6-17-42)64-61(63-59)43-32-28-39(29-33-43)38-26-30-40(31-27-38)45-24-13-25-53-56-37-54(50-22-11-12-23-52(50)58(56)65-57(45)53)44-34-35-51-48-20-8-7-18-46(48)47-19-9-10-21-49(47)55(51)36-44/h2*1-37H. The van der Waals surface area contributed by atoms with Crippen molar-refractivity contribution in [3.05, 3.63) is 449 Å². The van der Waals surface area contributed by atoms with Crippen LogP contribution in [-0.4, -0.2) is 29.9 Å². The third kappa shape index (κ3) is 13.1. The van der Waals surface area contributed by atoms with Gasteiger partial charge < -0.3 is 8.83 Å². The van der Waals surface area contributed by atoms with E-state index in [1.165, 1.54) is 92.3 Å². The van der Waals surface area contributed by atoms with E-state index in [1.807, 2.05) is 121 Å². The number of hydrogen-bond acceptors (Lipinski definition) is 8. The van der Waals surface area contributed by atoms with Crippen molar-refractivity contribution in [2.24, 2.45) is 0 Å². The monoisotopic (exact) mass is 1650 g/mol. The summed E-state index contributed by atoms with van der Waals surface area (Å²) < 4.78 is 14.0. The highest BCUT2D eigenvalue weighted by Crippen LogP contribution is 2.49. The van der Waals surface area contributed by atoms with Crippen molar-refractivity contribution in [1.29, 1.82) is 0 Å². The lowest BCUT2D eigenvalue weighted by molar-refractivity contribution is 0.673. The third-order valence-electron chi connectivity index (χ3n) is 25.8. The summed E-state index contributed by atoms with van der Waals surface area (Å²) >= 11 is 0. The number of para-hydroxylation sites is 2. The molecule has 604 valence electrons. The smallest absolute Gasteiger partial charge is 0.164 e. The lowest BCUT2D eigenvalue weighted by Gasteiger charge is -2.13. The van der Waals surface area contributed by atoms with E-state index in [2.05, 4.69) is 328 Å². The first-order valence-electron chi connectivity index (χ1n) is 44.0. The summed E-state index contributed by atoms with van der Waals surface area (Å²) in [5.41, 5.74) is 22.6. The predicted molar refractivity (Wildman–Crippen MR) is 539 cm³/mol. The van der Waals surface area contributed by atoms with Crippen molar-refractivity contribution in [3.63, 3.8) is 0 Å². The summed E-state index contributed by atoms with van der Waals surface area (Å²) in [6, 6.07) is 159. The van der Waals surface area contributed by atoms with E-state index in [0.717, 1.165) is 138 Å². The van der Waals surface area contributed by atoms with Crippen LogP contribution in [0.25, 0.3) is 265 Å². The number of hydrogen-bond donors (Lipinski definition) is 0. The van der Waals surface area contributed by atoms with Crippen LogP contribution in [0.3, 0.4) is 0 Å². The summed E-state index contributed by atoms with van der Waals surface area (Å²) in [6.45, 7) is 0. The lowest BCUT2D eigenvalue weighted by Crippen LogP contribution is -2.00. The zero-order valence-corrected chi connectivity index (χ0v) is 70.2. The highest BCUT2D eigenvalue weighted by atomic mass is 16.3. The first-order chi connectivity index (χ1) is 64.4. The fourth-order valence-corrected chi connectivity index (χ4v) is 19.6. The summed E-state index contributed by atoms with van der Waals surface area (Å²) in [5.74, 6) is 3.84. The van der Waals surface area contributed by atoms with Crippen LogP contribution in [0.2, 0.25) is 0 Å². The largest absolute Gasteiger partial charge is 0.455 e. The van der Waals surface area contributed by atoms with Gasteiger partial charge in [0.2, 0.25) is 0 Å². The molecule has 4 heterocycles. The van der Waals surface area contributed by atoms with Crippen LogP contribution in [0.15, 0.2) is 458 Å². The maximum absolute atomic E-state index is 7.01. The average Bonchev–Trinajstić information content (AvgIpc) is 1.72. The average molecular weight is 1660 g/mol. The van der Waals surface area contributed by atoms with Crippen LogP contribution in [0.1, 0.15) is 0 Å². The first kappa shape index (κ1) is 75.1. The molecule has 0 saturated carbocycles. The van der Waals surface area contributed by atoms with Crippen LogP contribution >= 0.6 is 0 Å². The van der Waals surface area contributed by atoms with Crippen molar-refractivity contribution < 1.29 is 8.83 Å². The van der Waals surface area contributed by atoms with E-state index in [1.54, 1.807) is 0 Å². The minimum atomic E-state index is 0.625. The number of aromatic nitrogens is 6. The number of furan rings is 2. The van der Waals surface area contributed by atoms with Gasteiger partial charge in [-0.3, -0.25) is 0 Å². The van der Waals surface area contributed by atoms with Gasteiger partial charge in [-0.2, -0.15) is 0 Å². The Bertz CT molecular complexity index is 8840. The van der Waals surface area contributed by atoms with Gasteiger partial charge in [-0.1, -0.05) is 413 Å². The molecule has 0 aliphatic carbocycles. The second kappa shape index (κ2) is 31.3. The normalized spacial score (nSPS) is 11.7. The van der Waals surface area contributed by atoms with Gasteiger partial charge in [0.05, 0.1) is 0 Å². The molecule has 26 rings (SSSR count). The summed E-state index contributed by atoms with van der Waals surface area (Å²) in [6.07, 6.45) is 0. The molecule has 4 aromatic heterocycles. The van der Waals surface area contributed by atoms with E-state index >= 15 is 0 Å². The van der Waals surface area contributed by atoms with Crippen molar-refractivity contribution in [2.45, 2.75) is 0 Å². The van der Waals surface area contributed by atoms with Gasteiger partial charge in [0.1, 0.15) is 22.3 Å². The Kier molecular flexibility index (Phi) is 18.1. The Balaban J connectivity index is 0.000000140. The van der Waals surface area contributed by atoms with Crippen molar-refractivity contribution >= 4 is 130 Å². The van der Waals surface area contributed by atoms with Gasteiger partial charge in [-0.15, -0.1) is 0 Å². The van der Waals surface area contributed by atoms with Gasteiger partial charge in [0.15, 0.2) is 34.9 Å². The number of rotatable bonds is 12. The van der Waals surface area contributed by atoms with Gasteiger partial charge in [-0.05, 0) is 167 Å². The Morgan fingerprint density at radius 2 is 0.331 bits per heavy atom. The molecule has 8 nitrogen and oxygen atoms in total. The molecule has 0 amide bonds. The molecule has 0 saturated heterocycles. The Morgan fingerprint density at radius 1 is 0.108 bits per heavy atom. The third-order valence-corrected chi connectivity index (χ3v) is 25.8. The molecule has 0 radical (unpaired) electrons. The second-order valence-corrected chi connectivity index (χ2v) is 33.4. The summed E-state index contributed by atoms with van der Waals surface area (Å²) in [7, 11) is 0. The Hall–Kier alpha value is -17.5. The van der Waals surface area contributed by atoms with Crippen LogP contribution in [0, 0.1) is 0 Å². The fourth-order valence-electron chi connectivity index (χ4n) is 19.6. The molecule has 0 unspecified atom stereocenters. The quantitative estimate of drug-likeness (QED) is 0.111. The van der Waals surface area contributed by atoms with Crippen LogP contribution in [0.5, 0.6) is 0 Å². The number of fused-ring (bicyclic) bond motifs is 22. The van der Waals surface area contributed by atoms with E-state index in [0.29, 0.717) is 34.9 Å². The number of nitrogens with zero attached hydrogens (tertiary/aromatic N) is 6. The SMILES string of the molecule is c1ccc(-c2nc(-c3ccccc3)nc(-c3ccc(-c4ccc(-c5cccc6c5oc5c7ccccc7c(-c7ccc8c9ccccc9c9ccccc9c8c7)cc65)cc4)cc3)n2)cc1.c1ccc(-c2nc(-c3ccccc3)nc(-c3cccc(-c4cccc(-c5cccc6c5oc5c7ccccc7c(-c7ccc8c9ccccc9c9ccccc9c8c7)cc65)c4)c3)n2)cc1.